The summed E-state index contributed by atoms with van der Waals surface area (Å²) in [5.41, 5.74) is 2.88. The van der Waals surface area contributed by atoms with E-state index in [1.54, 1.807) is 30.3 Å². The van der Waals surface area contributed by atoms with Gasteiger partial charge in [0.05, 0.1) is 27.9 Å². The van der Waals surface area contributed by atoms with Crippen molar-refractivity contribution in [1.82, 2.24) is 14.8 Å². The highest BCUT2D eigenvalue weighted by atomic mass is 35.5. The van der Waals surface area contributed by atoms with Gasteiger partial charge in [0, 0.05) is 23.5 Å². The number of carbonyl (C=O) groups excluding carboxylic acids is 1. The molecule has 0 spiro atoms. The van der Waals surface area contributed by atoms with Gasteiger partial charge in [-0.3, -0.25) is 19.5 Å². The summed E-state index contributed by atoms with van der Waals surface area (Å²) >= 11 is 7.37. The normalized spacial score (nSPS) is 10.7. The molecule has 0 unspecified atom stereocenters. The number of hydrogen-bond acceptors (Lipinski definition) is 7. The van der Waals surface area contributed by atoms with E-state index in [1.165, 1.54) is 23.9 Å². The maximum atomic E-state index is 12.5. The van der Waals surface area contributed by atoms with Crippen LogP contribution in [0, 0.1) is 17.0 Å². The Bertz CT molecular complexity index is 1360. The number of carbonyl (C=O) groups is 1. The lowest BCUT2D eigenvalue weighted by atomic mass is 10.2. The van der Waals surface area contributed by atoms with E-state index in [9.17, 15) is 14.9 Å². The van der Waals surface area contributed by atoms with E-state index in [1.807, 2.05) is 41.8 Å². The summed E-state index contributed by atoms with van der Waals surface area (Å²) in [6, 6.07) is 21.2. The van der Waals surface area contributed by atoms with Gasteiger partial charge in [-0.05, 0) is 36.8 Å². The SMILES string of the molecule is Cc1ccc([N+](=O)[O-])cc1NCc1nnc(SCC(=O)Nc2ccccc2Cl)n1-c1ccccc1. The lowest BCUT2D eigenvalue weighted by Gasteiger charge is -2.12. The van der Waals surface area contributed by atoms with Crippen molar-refractivity contribution in [2.24, 2.45) is 0 Å². The molecule has 3 aromatic carbocycles. The van der Waals surface area contributed by atoms with E-state index in [-0.39, 0.29) is 23.9 Å². The Balaban J connectivity index is 1.53. The second kappa shape index (κ2) is 11.0. The second-order valence-electron chi connectivity index (χ2n) is 7.50. The zero-order valence-corrected chi connectivity index (χ0v) is 20.2. The molecule has 0 atom stereocenters. The van der Waals surface area contributed by atoms with Crippen molar-refractivity contribution < 1.29 is 9.72 Å². The predicted octanol–water partition coefficient (Wildman–Crippen LogP) is 5.48. The third-order valence-electron chi connectivity index (χ3n) is 5.06. The summed E-state index contributed by atoms with van der Waals surface area (Å²) in [4.78, 5) is 23.2. The predicted molar refractivity (Wildman–Crippen MR) is 137 cm³/mol. The average molecular weight is 509 g/mol. The van der Waals surface area contributed by atoms with Gasteiger partial charge < -0.3 is 10.6 Å². The average Bonchev–Trinajstić information content (AvgIpc) is 3.27. The van der Waals surface area contributed by atoms with Crippen LogP contribution in [-0.2, 0) is 11.3 Å². The van der Waals surface area contributed by atoms with Crippen molar-refractivity contribution in [1.29, 1.82) is 0 Å². The first-order valence-corrected chi connectivity index (χ1v) is 11.9. The number of nitrogens with one attached hydrogen (secondary N) is 2. The standard InChI is InChI=1S/C24H21ClN6O3S/c1-16-11-12-18(31(33)34)13-21(16)26-14-22-28-29-24(30(22)17-7-3-2-4-8-17)35-15-23(32)27-20-10-6-5-9-19(20)25/h2-13,26H,14-15H2,1H3,(H,27,32). The number of anilines is 2. The lowest BCUT2D eigenvalue weighted by Crippen LogP contribution is -2.15. The fourth-order valence-corrected chi connectivity index (χ4v) is 4.27. The molecule has 0 aliphatic carbocycles. The number of nitro benzene ring substituents is 1. The molecule has 1 heterocycles. The number of aryl methyl sites for hydroxylation is 1. The Kier molecular flexibility index (Phi) is 7.64. The number of para-hydroxylation sites is 2. The van der Waals surface area contributed by atoms with Crippen LogP contribution in [0.4, 0.5) is 17.1 Å². The van der Waals surface area contributed by atoms with E-state index in [4.69, 9.17) is 11.6 Å². The number of thioether (sulfide) groups is 1. The molecular formula is C24H21ClN6O3S. The van der Waals surface area contributed by atoms with Gasteiger partial charge in [-0.25, -0.2) is 0 Å². The summed E-state index contributed by atoms with van der Waals surface area (Å²) in [6.45, 7) is 2.14. The summed E-state index contributed by atoms with van der Waals surface area (Å²) in [5.74, 6) is 0.474. The number of benzene rings is 3. The summed E-state index contributed by atoms with van der Waals surface area (Å²) in [6.07, 6.45) is 0. The third kappa shape index (κ3) is 5.97. The minimum atomic E-state index is -0.431. The zero-order valence-electron chi connectivity index (χ0n) is 18.6. The van der Waals surface area contributed by atoms with Crippen molar-refractivity contribution in [3.8, 4) is 5.69 Å². The monoisotopic (exact) mass is 508 g/mol. The number of amides is 1. The fraction of sp³-hybridized carbons (Fsp3) is 0.125. The number of nitrogens with zero attached hydrogens (tertiary/aromatic N) is 4. The maximum absolute atomic E-state index is 12.5. The number of halogens is 1. The van der Waals surface area contributed by atoms with E-state index in [0.717, 1.165) is 11.3 Å². The molecule has 1 amide bonds. The van der Waals surface area contributed by atoms with Crippen LogP contribution >= 0.6 is 23.4 Å². The van der Waals surface area contributed by atoms with Crippen LogP contribution in [0.2, 0.25) is 5.02 Å². The smallest absolute Gasteiger partial charge is 0.271 e. The van der Waals surface area contributed by atoms with Crippen LogP contribution in [-0.4, -0.2) is 31.3 Å². The molecule has 178 valence electrons. The highest BCUT2D eigenvalue weighted by molar-refractivity contribution is 7.99. The van der Waals surface area contributed by atoms with Crippen molar-refractivity contribution in [3.63, 3.8) is 0 Å². The van der Waals surface area contributed by atoms with Crippen molar-refractivity contribution in [2.75, 3.05) is 16.4 Å². The molecule has 4 aromatic rings. The van der Waals surface area contributed by atoms with Crippen molar-refractivity contribution in [2.45, 2.75) is 18.6 Å². The Morgan fingerprint density at radius 1 is 1.06 bits per heavy atom. The van der Waals surface area contributed by atoms with Gasteiger partial charge in [0.1, 0.15) is 0 Å². The van der Waals surface area contributed by atoms with Gasteiger partial charge in [0.2, 0.25) is 5.91 Å². The minimum Gasteiger partial charge on any atom is -0.377 e. The topological polar surface area (TPSA) is 115 Å². The van der Waals surface area contributed by atoms with Gasteiger partial charge in [0.15, 0.2) is 11.0 Å². The van der Waals surface area contributed by atoms with E-state index in [0.29, 0.717) is 27.4 Å². The van der Waals surface area contributed by atoms with Gasteiger partial charge >= 0.3 is 0 Å². The number of non-ortho nitro benzene ring substituents is 1. The minimum absolute atomic E-state index is 0.00315. The molecule has 0 radical (unpaired) electrons. The van der Waals surface area contributed by atoms with Gasteiger partial charge in [-0.2, -0.15) is 0 Å². The molecule has 4 rings (SSSR count). The molecule has 0 saturated heterocycles. The summed E-state index contributed by atoms with van der Waals surface area (Å²) in [5, 5.41) is 26.8. The highest BCUT2D eigenvalue weighted by Gasteiger charge is 2.17. The molecular weight excluding hydrogens is 488 g/mol. The van der Waals surface area contributed by atoms with E-state index >= 15 is 0 Å². The van der Waals surface area contributed by atoms with Gasteiger partial charge in [0.25, 0.3) is 5.69 Å². The van der Waals surface area contributed by atoms with Gasteiger partial charge in [-0.1, -0.05) is 59.8 Å². The Morgan fingerprint density at radius 3 is 2.54 bits per heavy atom. The molecule has 0 saturated carbocycles. The maximum Gasteiger partial charge on any atom is 0.271 e. The zero-order chi connectivity index (χ0) is 24.8. The largest absolute Gasteiger partial charge is 0.377 e. The lowest BCUT2D eigenvalue weighted by molar-refractivity contribution is -0.384. The number of nitro groups is 1. The number of rotatable bonds is 9. The summed E-state index contributed by atoms with van der Waals surface area (Å²) < 4.78 is 1.85. The first kappa shape index (κ1) is 24.2. The molecule has 1 aromatic heterocycles. The highest BCUT2D eigenvalue weighted by Crippen LogP contribution is 2.26. The first-order valence-electron chi connectivity index (χ1n) is 10.6. The van der Waals surface area contributed by atoms with Crippen LogP contribution in [0.25, 0.3) is 5.69 Å². The molecule has 0 fully saturated rings. The van der Waals surface area contributed by atoms with Crippen LogP contribution < -0.4 is 10.6 Å². The Hall–Kier alpha value is -3.89. The molecule has 2 N–H and O–H groups in total. The quantitative estimate of drug-likeness (QED) is 0.175. The number of aromatic nitrogens is 3. The third-order valence-corrected chi connectivity index (χ3v) is 6.32. The van der Waals surface area contributed by atoms with Gasteiger partial charge in [-0.15, -0.1) is 10.2 Å². The molecule has 9 nitrogen and oxygen atoms in total. The molecule has 0 aliphatic rings. The second-order valence-corrected chi connectivity index (χ2v) is 8.85. The van der Waals surface area contributed by atoms with Crippen LogP contribution in [0.5, 0.6) is 0 Å². The molecule has 0 aliphatic heterocycles. The number of hydrogen-bond donors (Lipinski definition) is 2. The fourth-order valence-electron chi connectivity index (χ4n) is 3.31. The first-order chi connectivity index (χ1) is 16.9. The Morgan fingerprint density at radius 2 is 1.80 bits per heavy atom. The van der Waals surface area contributed by atoms with Crippen molar-refractivity contribution >= 4 is 46.3 Å². The Labute approximate surface area is 210 Å². The van der Waals surface area contributed by atoms with Crippen molar-refractivity contribution in [3.05, 3.63) is 99.3 Å². The molecule has 0 bridgehead atoms. The van der Waals surface area contributed by atoms with Crippen LogP contribution in [0.1, 0.15) is 11.4 Å². The molecule has 11 heteroatoms. The van der Waals surface area contributed by atoms with E-state index in [2.05, 4.69) is 20.8 Å². The molecule has 35 heavy (non-hydrogen) atoms. The van der Waals surface area contributed by atoms with Crippen LogP contribution in [0.3, 0.4) is 0 Å². The van der Waals surface area contributed by atoms with E-state index < -0.39 is 4.92 Å². The summed E-state index contributed by atoms with van der Waals surface area (Å²) in [7, 11) is 0. The van der Waals surface area contributed by atoms with Crippen LogP contribution in [0.15, 0.2) is 78.0 Å².